The molecule has 21 aromatic rings. The number of hydrogen-bond acceptors (Lipinski definition) is 4. The van der Waals surface area contributed by atoms with E-state index in [0.29, 0.717) is 0 Å². The van der Waals surface area contributed by atoms with Gasteiger partial charge in [0, 0.05) is 61.1 Å². The van der Waals surface area contributed by atoms with Crippen molar-refractivity contribution in [2.75, 3.05) is 9.80 Å². The maximum absolute atomic E-state index is 6.97. The summed E-state index contributed by atoms with van der Waals surface area (Å²) >= 11 is -0.327. The summed E-state index contributed by atoms with van der Waals surface area (Å²) in [4.78, 5) is 4.72. The molecule has 5 nitrogen and oxygen atoms in total. The summed E-state index contributed by atoms with van der Waals surface area (Å²) in [7, 11) is 0. The zero-order valence-corrected chi connectivity index (χ0v) is 64.0. The van der Waals surface area contributed by atoms with E-state index in [9.17, 15) is 0 Å². The van der Waals surface area contributed by atoms with Crippen LogP contribution in [0.25, 0.3) is 172 Å². The quantitative estimate of drug-likeness (QED) is 0.0959. The molecule has 3 aromatic heterocycles. The molecule has 0 bridgehead atoms. The Morgan fingerprint density at radius 1 is 0.211 bits per heavy atom. The molecule has 1 aliphatic heterocycles. The summed E-state index contributed by atoms with van der Waals surface area (Å²) in [5, 5.41) is 6.89. The molecule has 114 heavy (non-hydrogen) atoms. The number of furan rings is 2. The van der Waals surface area contributed by atoms with E-state index in [0.717, 1.165) is 139 Å². The van der Waals surface area contributed by atoms with Crippen molar-refractivity contribution in [1.82, 2.24) is 4.57 Å². The van der Waals surface area contributed by atoms with Gasteiger partial charge in [-0.15, -0.1) is 0 Å². The van der Waals surface area contributed by atoms with E-state index < -0.39 is 0 Å². The molecular weight excluding hydrogens is 1500 g/mol. The van der Waals surface area contributed by atoms with Gasteiger partial charge in [-0.1, -0.05) is 231 Å². The summed E-state index contributed by atoms with van der Waals surface area (Å²) in [5.74, 6) is 0. The number of para-hydroxylation sites is 4. The second kappa shape index (κ2) is 27.9. The van der Waals surface area contributed by atoms with Crippen molar-refractivity contribution in [3.63, 3.8) is 0 Å². The van der Waals surface area contributed by atoms with Crippen molar-refractivity contribution in [2.45, 2.75) is 0 Å². The number of aromatic nitrogens is 1. The Morgan fingerprint density at radius 3 is 1.21 bits per heavy atom. The first-order valence-electron chi connectivity index (χ1n) is 38.8. The largest absolute Gasteiger partial charge is 0.455 e. The molecule has 0 amide bonds. The van der Waals surface area contributed by atoms with Gasteiger partial charge in [-0.2, -0.15) is 0 Å². The normalized spacial score (nSPS) is 11.9. The van der Waals surface area contributed by atoms with Crippen molar-refractivity contribution in [2.24, 2.45) is 0 Å². The van der Waals surface area contributed by atoms with Crippen molar-refractivity contribution >= 4 is 99.8 Å². The molecule has 0 unspecified atom stereocenters. The SMILES string of the molecule is c1ccc(-c2ccc(-c3ccc(N(c4ccc(-c5ccc(-c6ccc(-c7ccc(N(c8ccc(-c9ccccc9)cc8)c8ccc(-c9ccc%10c(c9)c9ccccc9n%10-c9cccc%10c9[I-]c9ccccc9-%10)cc8)cc7)cc6)c6c5oc5ccccc56)cc4)c4cccc(-c5cccc6c5oc5ccccc56)c4)cc3)cc2)cc1. The molecule has 22 rings (SSSR count). The van der Waals surface area contributed by atoms with Crippen LogP contribution >= 0.6 is 0 Å². The average Bonchev–Trinajstić information content (AvgIpc) is 1.55. The molecule has 0 atom stereocenters. The van der Waals surface area contributed by atoms with E-state index in [2.05, 4.69) is 421 Å². The van der Waals surface area contributed by atoms with Crippen LogP contribution in [0.1, 0.15) is 0 Å². The Kier molecular flexibility index (Phi) is 16.3. The number of halogens is 1. The van der Waals surface area contributed by atoms with Crippen molar-refractivity contribution < 1.29 is 30.0 Å². The molecule has 0 saturated carbocycles. The van der Waals surface area contributed by atoms with Crippen LogP contribution in [0.15, 0.2) is 427 Å². The molecule has 536 valence electrons. The summed E-state index contributed by atoms with van der Waals surface area (Å²) in [5.41, 5.74) is 34.4. The molecule has 1 aliphatic rings. The predicted octanol–water partition coefficient (Wildman–Crippen LogP) is 27.0. The van der Waals surface area contributed by atoms with Crippen LogP contribution in [0.2, 0.25) is 0 Å². The van der Waals surface area contributed by atoms with E-state index in [1.54, 1.807) is 0 Å². The van der Waals surface area contributed by atoms with Crippen LogP contribution in [0, 0.1) is 7.14 Å². The maximum Gasteiger partial charge on any atom is 0.143 e. The van der Waals surface area contributed by atoms with Crippen LogP contribution < -0.4 is 31.0 Å². The summed E-state index contributed by atoms with van der Waals surface area (Å²) in [6, 6.07) is 152. The topological polar surface area (TPSA) is 37.7 Å². The molecular formula is C108H69IN3O2-. The summed E-state index contributed by atoms with van der Waals surface area (Å²) in [6.45, 7) is 0. The van der Waals surface area contributed by atoms with Gasteiger partial charge in [-0.3, -0.25) is 0 Å². The van der Waals surface area contributed by atoms with Crippen molar-refractivity contribution in [3.05, 3.63) is 426 Å². The fourth-order valence-corrected chi connectivity index (χ4v) is 20.4. The number of nitrogens with zero attached hydrogens (tertiary/aromatic N) is 3. The first kappa shape index (κ1) is 66.7. The Hall–Kier alpha value is -14.3. The van der Waals surface area contributed by atoms with Crippen molar-refractivity contribution in [3.8, 4) is 106 Å². The minimum absolute atomic E-state index is 0.327. The molecule has 0 saturated heterocycles. The Balaban J connectivity index is 0.568. The molecule has 18 aromatic carbocycles. The van der Waals surface area contributed by atoms with E-state index in [4.69, 9.17) is 8.83 Å². The Bertz CT molecular complexity index is 7250. The minimum atomic E-state index is -0.327. The third-order valence-corrected chi connectivity index (χ3v) is 26.0. The minimum Gasteiger partial charge on any atom is -0.455 e. The number of anilines is 6. The van der Waals surface area contributed by atoms with Gasteiger partial charge in [0.25, 0.3) is 0 Å². The molecule has 0 aliphatic carbocycles. The Morgan fingerprint density at radius 2 is 0.596 bits per heavy atom. The molecule has 0 spiro atoms. The number of fused-ring (bicyclic) bond motifs is 12. The van der Waals surface area contributed by atoms with E-state index in [1.165, 1.54) is 73.6 Å². The van der Waals surface area contributed by atoms with Gasteiger partial charge in [0.05, 0.1) is 0 Å². The standard InChI is InChI=1S/C108H69IN3O2/c1-3-18-70(19-4-1)72-36-38-73(39-37-72)76-48-59-86(60-49-76)111(88-23-15-22-82(68-88)90-28-16-30-96-94-26-9-13-34-103(94)113-107(90)96)87-63-52-80(53-64-87)91-66-65-89(105-97-27-10-14-35-104(97)114-108(91)105)79-42-40-74(41-43-79)77-46-57-84(58-47-77)110(83-55-44-75(45-56-83)71-20-5-2-6-21-71)85-61-50-78(51-62-85)81-54-67-101-98(69-81)93-25-8-12-32-100(93)112(101)102-33-17-29-95-92-24-7-11-31-99(92)109-106(95)102/h1-69H/q-1. The first-order chi connectivity index (χ1) is 56.5. The van der Waals surface area contributed by atoms with Gasteiger partial charge < -0.3 is 13.7 Å². The number of rotatable bonds is 15. The van der Waals surface area contributed by atoms with Gasteiger partial charge in [0.2, 0.25) is 0 Å². The molecule has 6 heteroatoms. The van der Waals surface area contributed by atoms with Gasteiger partial charge in [0.1, 0.15) is 22.3 Å². The van der Waals surface area contributed by atoms with E-state index in [-0.39, 0.29) is 21.2 Å². The monoisotopic (exact) mass is 1570 g/mol. The molecule has 0 radical (unpaired) electrons. The van der Waals surface area contributed by atoms with E-state index in [1.807, 2.05) is 12.1 Å². The van der Waals surface area contributed by atoms with Crippen molar-refractivity contribution in [1.29, 1.82) is 0 Å². The van der Waals surface area contributed by atoms with E-state index >= 15 is 0 Å². The van der Waals surface area contributed by atoms with Crippen LogP contribution in [0.5, 0.6) is 0 Å². The third-order valence-electron chi connectivity index (χ3n) is 22.8. The molecule has 0 fully saturated rings. The fraction of sp³-hybridized carbons (Fsp3) is 0. The number of hydrogen-bond donors (Lipinski definition) is 0. The zero-order valence-electron chi connectivity index (χ0n) is 61.9. The Labute approximate surface area is 670 Å². The van der Waals surface area contributed by atoms with Crippen LogP contribution in [-0.2, 0) is 0 Å². The van der Waals surface area contributed by atoms with Gasteiger partial charge in [-0.05, 0) is 146 Å². The second-order valence-electron chi connectivity index (χ2n) is 29.4. The first-order valence-corrected chi connectivity index (χ1v) is 41.0. The number of benzene rings is 18. The van der Waals surface area contributed by atoms with Gasteiger partial charge >= 0.3 is 202 Å². The maximum atomic E-state index is 6.97. The van der Waals surface area contributed by atoms with Gasteiger partial charge in [0.15, 0.2) is 0 Å². The van der Waals surface area contributed by atoms with Crippen LogP contribution in [0.4, 0.5) is 34.1 Å². The van der Waals surface area contributed by atoms with Crippen LogP contribution in [0.3, 0.4) is 0 Å². The van der Waals surface area contributed by atoms with Gasteiger partial charge in [-0.25, -0.2) is 0 Å². The smallest absolute Gasteiger partial charge is 0.143 e. The third kappa shape index (κ3) is 11.7. The summed E-state index contributed by atoms with van der Waals surface area (Å²) in [6.07, 6.45) is 0. The zero-order chi connectivity index (χ0) is 75.2. The second-order valence-corrected chi connectivity index (χ2v) is 32.2. The fourth-order valence-electron chi connectivity index (χ4n) is 17.2. The molecule has 4 heterocycles. The average molecular weight is 1570 g/mol. The predicted molar refractivity (Wildman–Crippen MR) is 471 cm³/mol. The molecule has 0 N–H and O–H groups in total. The summed E-state index contributed by atoms with van der Waals surface area (Å²) < 4.78 is 19.1. The van der Waals surface area contributed by atoms with Crippen LogP contribution in [-0.4, -0.2) is 4.57 Å².